The van der Waals surface area contributed by atoms with Crippen LogP contribution in [0.2, 0.25) is 0 Å². The smallest absolute Gasteiger partial charge is 0.240 e. The van der Waals surface area contributed by atoms with Gasteiger partial charge in [0.05, 0.1) is 11.2 Å². The summed E-state index contributed by atoms with van der Waals surface area (Å²) >= 11 is 0. The Morgan fingerprint density at radius 3 is 2.58 bits per heavy atom. The van der Waals surface area contributed by atoms with Crippen molar-refractivity contribution in [1.29, 1.82) is 0 Å². The van der Waals surface area contributed by atoms with E-state index in [-0.39, 0.29) is 0 Å². The van der Waals surface area contributed by atoms with E-state index in [0.29, 0.717) is 17.9 Å². The van der Waals surface area contributed by atoms with Crippen LogP contribution in [0.1, 0.15) is 16.9 Å². The largest absolute Gasteiger partial charge is 0.469 e. The summed E-state index contributed by atoms with van der Waals surface area (Å²) in [4.78, 5) is 0.301. The number of aryl methyl sites for hydroxylation is 2. The first kappa shape index (κ1) is 13.8. The SMILES string of the molecule is Cc1ccc(S(=O)(=O)NCCc2ccco2)cc1C. The van der Waals surface area contributed by atoms with E-state index in [1.54, 1.807) is 24.5 Å². The summed E-state index contributed by atoms with van der Waals surface area (Å²) in [5, 5.41) is 0. The molecule has 19 heavy (non-hydrogen) atoms. The molecule has 0 aliphatic carbocycles. The summed E-state index contributed by atoms with van der Waals surface area (Å²) in [7, 11) is -3.44. The maximum atomic E-state index is 12.1. The Hall–Kier alpha value is -1.59. The van der Waals surface area contributed by atoms with Gasteiger partial charge in [-0.25, -0.2) is 13.1 Å². The molecule has 0 atom stereocenters. The van der Waals surface area contributed by atoms with Gasteiger partial charge < -0.3 is 4.42 Å². The molecule has 102 valence electrons. The Kier molecular flexibility index (Phi) is 4.07. The third kappa shape index (κ3) is 3.45. The fourth-order valence-corrected chi connectivity index (χ4v) is 2.84. The molecule has 0 aliphatic heterocycles. The highest BCUT2D eigenvalue weighted by Gasteiger charge is 2.14. The number of nitrogens with one attached hydrogen (secondary N) is 1. The van der Waals surface area contributed by atoms with Crippen LogP contribution < -0.4 is 4.72 Å². The van der Waals surface area contributed by atoms with Crippen LogP contribution in [0.3, 0.4) is 0 Å². The number of benzene rings is 1. The third-order valence-electron chi connectivity index (χ3n) is 3.03. The van der Waals surface area contributed by atoms with Crippen LogP contribution in [0, 0.1) is 13.8 Å². The lowest BCUT2D eigenvalue weighted by Gasteiger charge is -2.08. The Morgan fingerprint density at radius 1 is 1.16 bits per heavy atom. The van der Waals surface area contributed by atoms with E-state index < -0.39 is 10.0 Å². The first-order valence-corrected chi connectivity index (χ1v) is 7.57. The molecule has 0 bridgehead atoms. The molecule has 0 spiro atoms. The van der Waals surface area contributed by atoms with Crippen molar-refractivity contribution >= 4 is 10.0 Å². The zero-order chi connectivity index (χ0) is 13.9. The zero-order valence-corrected chi connectivity index (χ0v) is 11.8. The Labute approximate surface area is 113 Å². The van der Waals surface area contributed by atoms with Crippen LogP contribution in [-0.4, -0.2) is 15.0 Å². The van der Waals surface area contributed by atoms with Crippen LogP contribution in [-0.2, 0) is 16.4 Å². The van der Waals surface area contributed by atoms with Crippen molar-refractivity contribution in [2.24, 2.45) is 0 Å². The molecule has 1 aromatic heterocycles. The Balaban J connectivity index is 2.03. The molecule has 0 unspecified atom stereocenters. The molecule has 1 aromatic carbocycles. The van der Waals surface area contributed by atoms with E-state index in [9.17, 15) is 8.42 Å². The summed E-state index contributed by atoms with van der Waals surface area (Å²) in [6, 6.07) is 8.73. The van der Waals surface area contributed by atoms with Gasteiger partial charge in [-0.15, -0.1) is 0 Å². The predicted octanol–water partition coefficient (Wildman–Crippen LogP) is 2.42. The van der Waals surface area contributed by atoms with Crippen LogP contribution in [0.5, 0.6) is 0 Å². The molecule has 2 rings (SSSR count). The second kappa shape index (κ2) is 5.59. The van der Waals surface area contributed by atoms with E-state index >= 15 is 0 Å². The average molecular weight is 279 g/mol. The lowest BCUT2D eigenvalue weighted by Crippen LogP contribution is -2.26. The van der Waals surface area contributed by atoms with Gasteiger partial charge in [0, 0.05) is 13.0 Å². The number of sulfonamides is 1. The lowest BCUT2D eigenvalue weighted by atomic mass is 10.1. The van der Waals surface area contributed by atoms with Crippen molar-refractivity contribution in [2.45, 2.75) is 25.2 Å². The summed E-state index contributed by atoms with van der Waals surface area (Å²) in [5.41, 5.74) is 2.04. The highest BCUT2D eigenvalue weighted by Crippen LogP contribution is 2.14. The molecular weight excluding hydrogens is 262 g/mol. The number of furan rings is 1. The Bertz CT molecular complexity index is 645. The van der Waals surface area contributed by atoms with E-state index in [4.69, 9.17) is 4.42 Å². The number of rotatable bonds is 5. The topological polar surface area (TPSA) is 59.3 Å². The second-order valence-corrected chi connectivity index (χ2v) is 6.24. The second-order valence-electron chi connectivity index (χ2n) is 4.47. The highest BCUT2D eigenvalue weighted by molar-refractivity contribution is 7.89. The van der Waals surface area contributed by atoms with Crippen molar-refractivity contribution < 1.29 is 12.8 Å². The van der Waals surface area contributed by atoms with Crippen LogP contribution >= 0.6 is 0 Å². The molecule has 2 aromatic rings. The van der Waals surface area contributed by atoms with Crippen molar-refractivity contribution in [3.8, 4) is 0 Å². The van der Waals surface area contributed by atoms with Gasteiger partial charge in [0.15, 0.2) is 0 Å². The predicted molar refractivity (Wildman–Crippen MR) is 73.5 cm³/mol. The maximum Gasteiger partial charge on any atom is 0.240 e. The standard InChI is InChI=1S/C14H17NO3S/c1-11-5-6-14(10-12(11)2)19(16,17)15-8-7-13-4-3-9-18-13/h3-6,9-10,15H,7-8H2,1-2H3. The molecule has 5 heteroatoms. The Morgan fingerprint density at radius 2 is 1.95 bits per heavy atom. The van der Waals surface area contributed by atoms with E-state index in [1.807, 2.05) is 26.0 Å². The first-order chi connectivity index (χ1) is 8.99. The molecular formula is C14H17NO3S. The molecule has 1 heterocycles. The van der Waals surface area contributed by atoms with Gasteiger partial charge in [0.1, 0.15) is 5.76 Å². The molecule has 0 saturated heterocycles. The molecule has 0 amide bonds. The van der Waals surface area contributed by atoms with Gasteiger partial charge in [0.25, 0.3) is 0 Å². The van der Waals surface area contributed by atoms with Crippen LogP contribution in [0.15, 0.2) is 45.9 Å². The lowest BCUT2D eigenvalue weighted by molar-refractivity contribution is 0.506. The van der Waals surface area contributed by atoms with Gasteiger partial charge in [0.2, 0.25) is 10.0 Å². The minimum atomic E-state index is -3.44. The van der Waals surface area contributed by atoms with Gasteiger partial charge in [-0.05, 0) is 49.2 Å². The first-order valence-electron chi connectivity index (χ1n) is 6.08. The molecule has 1 N–H and O–H groups in total. The minimum Gasteiger partial charge on any atom is -0.469 e. The molecule has 0 saturated carbocycles. The van der Waals surface area contributed by atoms with Crippen molar-refractivity contribution in [2.75, 3.05) is 6.54 Å². The summed E-state index contributed by atoms with van der Waals surface area (Å²) in [6.07, 6.45) is 2.12. The monoisotopic (exact) mass is 279 g/mol. The number of hydrogen-bond acceptors (Lipinski definition) is 3. The normalized spacial score (nSPS) is 11.7. The van der Waals surface area contributed by atoms with E-state index in [1.165, 1.54) is 0 Å². The average Bonchev–Trinajstić information content (AvgIpc) is 2.85. The van der Waals surface area contributed by atoms with Gasteiger partial charge in [-0.3, -0.25) is 0 Å². The van der Waals surface area contributed by atoms with Gasteiger partial charge in [-0.2, -0.15) is 0 Å². The zero-order valence-electron chi connectivity index (χ0n) is 11.0. The minimum absolute atomic E-state index is 0.301. The van der Waals surface area contributed by atoms with Gasteiger partial charge >= 0.3 is 0 Å². The summed E-state index contributed by atoms with van der Waals surface area (Å²) in [5.74, 6) is 0.766. The van der Waals surface area contributed by atoms with Crippen molar-refractivity contribution in [3.05, 3.63) is 53.5 Å². The fraction of sp³-hybridized carbons (Fsp3) is 0.286. The number of hydrogen-bond donors (Lipinski definition) is 1. The van der Waals surface area contributed by atoms with Crippen molar-refractivity contribution in [3.63, 3.8) is 0 Å². The third-order valence-corrected chi connectivity index (χ3v) is 4.49. The molecule has 0 fully saturated rings. The summed E-state index contributed by atoms with van der Waals surface area (Å²) in [6.45, 7) is 4.18. The van der Waals surface area contributed by atoms with E-state index in [0.717, 1.165) is 16.9 Å². The maximum absolute atomic E-state index is 12.1. The quantitative estimate of drug-likeness (QED) is 0.914. The molecule has 0 radical (unpaired) electrons. The highest BCUT2D eigenvalue weighted by atomic mass is 32.2. The van der Waals surface area contributed by atoms with Crippen molar-refractivity contribution in [1.82, 2.24) is 4.72 Å². The van der Waals surface area contributed by atoms with Gasteiger partial charge in [-0.1, -0.05) is 6.07 Å². The summed E-state index contributed by atoms with van der Waals surface area (Å²) < 4.78 is 31.9. The van der Waals surface area contributed by atoms with Crippen LogP contribution in [0.25, 0.3) is 0 Å². The fourth-order valence-electron chi connectivity index (χ4n) is 1.73. The molecule has 0 aliphatic rings. The van der Waals surface area contributed by atoms with Crippen LogP contribution in [0.4, 0.5) is 0 Å². The van der Waals surface area contributed by atoms with E-state index in [2.05, 4.69) is 4.72 Å². The molecule has 4 nitrogen and oxygen atoms in total.